The summed E-state index contributed by atoms with van der Waals surface area (Å²) in [5.74, 6) is -0.597. The lowest BCUT2D eigenvalue weighted by atomic mass is 9.83. The van der Waals surface area contributed by atoms with Gasteiger partial charge in [0.2, 0.25) is 5.91 Å². The lowest BCUT2D eigenvalue weighted by Gasteiger charge is -2.31. The highest BCUT2D eigenvalue weighted by atomic mass is 16.5. The summed E-state index contributed by atoms with van der Waals surface area (Å²) in [6.07, 6.45) is 2.70. The summed E-state index contributed by atoms with van der Waals surface area (Å²) in [6, 6.07) is 18.1. The molecule has 156 valence electrons. The fraction of sp³-hybridized carbons (Fsp3) is 0.375. The van der Waals surface area contributed by atoms with Crippen molar-refractivity contribution in [3.05, 3.63) is 71.3 Å². The van der Waals surface area contributed by atoms with E-state index in [4.69, 9.17) is 4.74 Å². The Bertz CT molecular complexity index is 907. The maximum absolute atomic E-state index is 12.9. The second-order valence-corrected chi connectivity index (χ2v) is 7.69. The molecule has 2 aromatic rings. The molecule has 6 heteroatoms. The van der Waals surface area contributed by atoms with Crippen LogP contribution in [-0.4, -0.2) is 18.0 Å². The highest BCUT2D eigenvalue weighted by Crippen LogP contribution is 2.26. The van der Waals surface area contributed by atoms with Crippen LogP contribution in [0.15, 0.2) is 54.6 Å². The molecule has 0 spiro atoms. The van der Waals surface area contributed by atoms with Crippen molar-refractivity contribution >= 4 is 12.0 Å². The van der Waals surface area contributed by atoms with Crippen LogP contribution in [0.1, 0.15) is 48.4 Å². The topological polar surface area (TPSA) is 91.2 Å². The van der Waals surface area contributed by atoms with Crippen molar-refractivity contribution in [3.8, 4) is 6.07 Å². The molecular formula is C24H27N3O3. The zero-order chi connectivity index (χ0) is 21.3. The summed E-state index contributed by atoms with van der Waals surface area (Å²) < 4.78 is 5.31. The highest BCUT2D eigenvalue weighted by molar-refractivity contribution is 5.81. The molecule has 3 rings (SSSR count). The number of aryl methyl sites for hydroxylation is 1. The van der Waals surface area contributed by atoms with E-state index in [-0.39, 0.29) is 24.5 Å². The van der Waals surface area contributed by atoms with Crippen molar-refractivity contribution in [3.63, 3.8) is 0 Å². The van der Waals surface area contributed by atoms with Gasteiger partial charge in [0, 0.05) is 6.04 Å². The number of ether oxygens (including phenoxy) is 1. The van der Waals surface area contributed by atoms with Gasteiger partial charge in [-0.25, -0.2) is 4.79 Å². The Balaban J connectivity index is 1.59. The van der Waals surface area contributed by atoms with Crippen molar-refractivity contribution in [2.75, 3.05) is 0 Å². The maximum atomic E-state index is 12.9. The first-order valence-corrected chi connectivity index (χ1v) is 10.3. The van der Waals surface area contributed by atoms with Crippen molar-refractivity contribution in [2.24, 2.45) is 5.92 Å². The fourth-order valence-electron chi connectivity index (χ4n) is 3.82. The number of alkyl carbamates (subject to hydrolysis) is 1. The van der Waals surface area contributed by atoms with Gasteiger partial charge in [-0.2, -0.15) is 5.26 Å². The van der Waals surface area contributed by atoms with E-state index in [0.29, 0.717) is 12.8 Å². The van der Waals surface area contributed by atoms with Crippen LogP contribution in [0.3, 0.4) is 0 Å². The van der Waals surface area contributed by atoms with Gasteiger partial charge < -0.3 is 15.4 Å². The van der Waals surface area contributed by atoms with Crippen LogP contribution in [-0.2, 0) is 16.1 Å². The third-order valence-corrected chi connectivity index (χ3v) is 5.41. The van der Waals surface area contributed by atoms with E-state index in [2.05, 4.69) is 16.7 Å². The largest absolute Gasteiger partial charge is 0.445 e. The minimum absolute atomic E-state index is 0.181. The molecular weight excluding hydrogens is 378 g/mol. The van der Waals surface area contributed by atoms with Crippen LogP contribution in [0.2, 0.25) is 0 Å². The van der Waals surface area contributed by atoms with Crippen LogP contribution in [0.25, 0.3) is 0 Å². The van der Waals surface area contributed by atoms with Gasteiger partial charge in [0.15, 0.2) is 0 Å². The third kappa shape index (κ3) is 5.84. The van der Waals surface area contributed by atoms with Gasteiger partial charge in [0.25, 0.3) is 0 Å². The summed E-state index contributed by atoms with van der Waals surface area (Å²) in [4.78, 5) is 25.2. The van der Waals surface area contributed by atoms with Gasteiger partial charge in [0.05, 0.1) is 12.0 Å². The Morgan fingerprint density at radius 3 is 2.63 bits per heavy atom. The van der Waals surface area contributed by atoms with Crippen molar-refractivity contribution < 1.29 is 14.3 Å². The summed E-state index contributed by atoms with van der Waals surface area (Å²) in [5, 5.41) is 15.3. The summed E-state index contributed by atoms with van der Waals surface area (Å²) in [7, 11) is 0. The Morgan fingerprint density at radius 1 is 1.13 bits per heavy atom. The molecule has 1 fully saturated rings. The molecule has 0 aromatic heterocycles. The lowest BCUT2D eigenvalue weighted by Crippen LogP contribution is -2.49. The average Bonchev–Trinajstić information content (AvgIpc) is 2.77. The number of hydrogen-bond acceptors (Lipinski definition) is 4. The number of hydrogen-bond donors (Lipinski definition) is 2. The predicted molar refractivity (Wildman–Crippen MR) is 113 cm³/mol. The molecule has 0 aliphatic heterocycles. The molecule has 1 unspecified atom stereocenters. The molecule has 0 radical (unpaired) electrons. The van der Waals surface area contributed by atoms with Crippen molar-refractivity contribution in [1.82, 2.24) is 10.6 Å². The van der Waals surface area contributed by atoms with E-state index in [1.54, 1.807) is 0 Å². The van der Waals surface area contributed by atoms with Crippen LogP contribution in [0, 0.1) is 24.2 Å². The molecule has 0 heterocycles. The van der Waals surface area contributed by atoms with Crippen molar-refractivity contribution in [1.29, 1.82) is 5.26 Å². The minimum atomic E-state index is -0.718. The van der Waals surface area contributed by atoms with Gasteiger partial charge in [-0.3, -0.25) is 4.79 Å². The van der Waals surface area contributed by atoms with Gasteiger partial charge in [-0.15, -0.1) is 0 Å². The molecule has 30 heavy (non-hydrogen) atoms. The quantitative estimate of drug-likeness (QED) is 0.755. The number of carbonyl (C=O) groups is 2. The minimum Gasteiger partial charge on any atom is -0.445 e. The molecule has 2 aromatic carbocycles. The average molecular weight is 405 g/mol. The molecule has 3 atom stereocenters. The SMILES string of the molecule is Cc1cccc(C(C#N)NC(=O)[C@H]2CCCC[C@H]2NC(=O)OCc2ccccc2)c1. The van der Waals surface area contributed by atoms with Crippen LogP contribution in [0.4, 0.5) is 4.79 Å². The molecule has 6 nitrogen and oxygen atoms in total. The van der Waals surface area contributed by atoms with Crippen LogP contribution >= 0.6 is 0 Å². The van der Waals surface area contributed by atoms with Gasteiger partial charge >= 0.3 is 6.09 Å². The zero-order valence-electron chi connectivity index (χ0n) is 17.1. The first-order valence-electron chi connectivity index (χ1n) is 10.3. The van der Waals surface area contributed by atoms with E-state index in [1.165, 1.54) is 0 Å². The normalized spacial score (nSPS) is 19.2. The van der Waals surface area contributed by atoms with Gasteiger partial charge in [0.1, 0.15) is 12.6 Å². The number of nitriles is 1. The Kier molecular flexibility index (Phi) is 7.45. The van der Waals surface area contributed by atoms with Crippen LogP contribution < -0.4 is 10.6 Å². The molecule has 0 bridgehead atoms. The first kappa shape index (κ1) is 21.4. The molecule has 1 saturated carbocycles. The number of carbonyl (C=O) groups excluding carboxylic acids is 2. The molecule has 0 saturated heterocycles. The maximum Gasteiger partial charge on any atom is 0.407 e. The molecule has 2 amide bonds. The van der Waals surface area contributed by atoms with E-state index in [1.807, 2.05) is 61.5 Å². The number of nitrogens with zero attached hydrogens (tertiary/aromatic N) is 1. The summed E-state index contributed by atoms with van der Waals surface area (Å²) >= 11 is 0. The van der Waals surface area contributed by atoms with Gasteiger partial charge in [-0.05, 0) is 30.9 Å². The smallest absolute Gasteiger partial charge is 0.407 e. The number of rotatable bonds is 6. The van der Waals surface area contributed by atoms with Gasteiger partial charge in [-0.1, -0.05) is 73.0 Å². The second kappa shape index (κ2) is 10.4. The van der Waals surface area contributed by atoms with E-state index < -0.39 is 12.1 Å². The number of benzene rings is 2. The number of amides is 2. The molecule has 1 aliphatic rings. The zero-order valence-corrected chi connectivity index (χ0v) is 17.1. The second-order valence-electron chi connectivity index (χ2n) is 7.69. The van der Waals surface area contributed by atoms with Crippen LogP contribution in [0.5, 0.6) is 0 Å². The molecule has 1 aliphatic carbocycles. The van der Waals surface area contributed by atoms with Crippen molar-refractivity contribution in [2.45, 2.75) is 51.3 Å². The van der Waals surface area contributed by atoms with E-state index >= 15 is 0 Å². The monoisotopic (exact) mass is 405 g/mol. The molecule has 2 N–H and O–H groups in total. The van der Waals surface area contributed by atoms with E-state index in [9.17, 15) is 14.9 Å². The number of nitrogens with one attached hydrogen (secondary N) is 2. The van der Waals surface area contributed by atoms with E-state index in [0.717, 1.165) is 29.5 Å². The predicted octanol–water partition coefficient (Wildman–Crippen LogP) is 4.16. The standard InChI is InChI=1S/C24H27N3O3/c1-17-8-7-11-19(14-17)22(15-25)26-23(28)20-12-5-6-13-21(20)27-24(29)30-16-18-9-3-2-4-10-18/h2-4,7-11,14,20-22H,5-6,12-13,16H2,1H3,(H,26,28)(H,27,29)/t20-,21+,22?/m0/s1. The summed E-state index contributed by atoms with van der Waals surface area (Å²) in [5.41, 5.74) is 2.69. The Hall–Kier alpha value is -3.33. The highest BCUT2D eigenvalue weighted by Gasteiger charge is 2.33. The summed E-state index contributed by atoms with van der Waals surface area (Å²) in [6.45, 7) is 2.13. The Morgan fingerprint density at radius 2 is 1.90 bits per heavy atom. The Labute approximate surface area is 177 Å². The third-order valence-electron chi connectivity index (χ3n) is 5.41. The fourth-order valence-corrected chi connectivity index (χ4v) is 3.82. The first-order chi connectivity index (χ1) is 14.6. The lowest BCUT2D eigenvalue weighted by molar-refractivity contribution is -0.127.